The van der Waals surface area contributed by atoms with Crippen LogP contribution >= 0.6 is 0 Å². The standard InChI is InChI=1S/C3H5NO2.Mg.2H/c5-3(6)2-1-4-2;;;/h2,4H,1H2,(H,5,6);;;. The van der Waals surface area contributed by atoms with Gasteiger partial charge in [0.05, 0.1) is 0 Å². The van der Waals surface area contributed by atoms with Gasteiger partial charge in [-0.2, -0.15) is 0 Å². The minimum Gasteiger partial charge on any atom is -0.480 e. The van der Waals surface area contributed by atoms with E-state index in [1.54, 1.807) is 0 Å². The third-order valence-electron chi connectivity index (χ3n) is 0.706. The molecule has 0 aromatic heterocycles. The first-order valence-corrected chi connectivity index (χ1v) is 1.77. The average Bonchev–Trinajstić information content (AvgIpc) is 2.06. The predicted molar refractivity (Wildman–Crippen MR) is 28.0 cm³/mol. The second-order valence-corrected chi connectivity index (χ2v) is 1.30. The van der Waals surface area contributed by atoms with Crippen LogP contribution in [0.4, 0.5) is 0 Å². The van der Waals surface area contributed by atoms with Crippen molar-refractivity contribution < 1.29 is 9.90 Å². The van der Waals surface area contributed by atoms with Crippen molar-refractivity contribution in [3.05, 3.63) is 0 Å². The number of aliphatic carboxylic acids is 1. The van der Waals surface area contributed by atoms with Gasteiger partial charge in [0.15, 0.2) is 0 Å². The monoisotopic (exact) mass is 113 g/mol. The van der Waals surface area contributed by atoms with Gasteiger partial charge in [0, 0.05) is 6.54 Å². The van der Waals surface area contributed by atoms with Crippen molar-refractivity contribution in [2.45, 2.75) is 6.04 Å². The summed E-state index contributed by atoms with van der Waals surface area (Å²) in [5.41, 5.74) is 0. The Morgan fingerprint density at radius 3 is 2.29 bits per heavy atom. The molecule has 2 N–H and O–H groups in total. The van der Waals surface area contributed by atoms with E-state index in [1.165, 1.54) is 0 Å². The van der Waals surface area contributed by atoms with E-state index >= 15 is 0 Å². The summed E-state index contributed by atoms with van der Waals surface area (Å²) in [5.74, 6) is -0.741. The zero-order chi connectivity index (χ0) is 4.57. The van der Waals surface area contributed by atoms with E-state index < -0.39 is 5.97 Å². The normalized spacial score (nSPS) is 25.4. The topological polar surface area (TPSA) is 59.2 Å². The molecule has 0 aromatic rings. The maximum Gasteiger partial charge on any atom is 0.322 e. The fourth-order valence-corrected chi connectivity index (χ4v) is 0.234. The van der Waals surface area contributed by atoms with Crippen molar-refractivity contribution in [2.24, 2.45) is 0 Å². The number of hydrogen-bond acceptors (Lipinski definition) is 2. The molecule has 1 rings (SSSR count). The van der Waals surface area contributed by atoms with E-state index in [-0.39, 0.29) is 29.1 Å². The first-order valence-electron chi connectivity index (χ1n) is 1.77. The van der Waals surface area contributed by atoms with E-state index in [1.807, 2.05) is 0 Å². The smallest absolute Gasteiger partial charge is 0.322 e. The third kappa shape index (κ3) is 2.11. The van der Waals surface area contributed by atoms with Gasteiger partial charge in [-0.25, -0.2) is 0 Å². The summed E-state index contributed by atoms with van der Waals surface area (Å²) < 4.78 is 0. The molecule has 0 saturated carbocycles. The number of nitrogens with one attached hydrogen (secondary N) is 1. The zero-order valence-electron chi connectivity index (χ0n) is 3.14. The zero-order valence-corrected chi connectivity index (χ0v) is 3.14. The molecular formula is C3H7MgNO2. The Bertz CT molecular complexity index is 81.0. The van der Waals surface area contributed by atoms with Crippen molar-refractivity contribution in [3.8, 4) is 0 Å². The lowest BCUT2D eigenvalue weighted by molar-refractivity contribution is -0.136. The van der Waals surface area contributed by atoms with Crippen LogP contribution in [0, 0.1) is 0 Å². The quantitative estimate of drug-likeness (QED) is 0.309. The summed E-state index contributed by atoms with van der Waals surface area (Å²) in [4.78, 5) is 9.70. The minimum atomic E-state index is -0.741. The fourth-order valence-electron chi connectivity index (χ4n) is 0.234. The Morgan fingerprint density at radius 1 is 1.86 bits per heavy atom. The van der Waals surface area contributed by atoms with Crippen LogP contribution in [0.25, 0.3) is 0 Å². The highest BCUT2D eigenvalue weighted by Gasteiger charge is 2.27. The summed E-state index contributed by atoms with van der Waals surface area (Å²) >= 11 is 0. The summed E-state index contributed by atoms with van der Waals surface area (Å²) in [6.07, 6.45) is 0. The largest absolute Gasteiger partial charge is 0.480 e. The van der Waals surface area contributed by atoms with Gasteiger partial charge < -0.3 is 10.4 Å². The van der Waals surface area contributed by atoms with Crippen molar-refractivity contribution in [1.82, 2.24) is 5.32 Å². The Morgan fingerprint density at radius 2 is 2.29 bits per heavy atom. The molecule has 0 radical (unpaired) electrons. The van der Waals surface area contributed by atoms with E-state index in [0.29, 0.717) is 6.54 Å². The highest BCUT2D eigenvalue weighted by atomic mass is 24.3. The molecule has 1 heterocycles. The van der Waals surface area contributed by atoms with Crippen molar-refractivity contribution in [2.75, 3.05) is 6.54 Å². The first kappa shape index (κ1) is 7.20. The van der Waals surface area contributed by atoms with Crippen LogP contribution in [0.3, 0.4) is 0 Å². The number of carbonyl (C=O) groups is 1. The number of hydrogen-bond donors (Lipinski definition) is 2. The van der Waals surface area contributed by atoms with Crippen molar-refractivity contribution in [1.29, 1.82) is 0 Å². The molecule has 1 aliphatic heterocycles. The SMILES string of the molecule is O=C(O)C1CN1.[MgH2]. The molecule has 0 aliphatic carbocycles. The highest BCUT2D eigenvalue weighted by Crippen LogP contribution is 1.93. The van der Waals surface area contributed by atoms with Gasteiger partial charge in [-0.15, -0.1) is 0 Å². The summed E-state index contributed by atoms with van der Waals surface area (Å²) in [6.45, 7) is 0.648. The molecule has 0 spiro atoms. The lowest BCUT2D eigenvalue weighted by Crippen LogP contribution is -2.06. The predicted octanol–water partition coefficient (Wildman–Crippen LogP) is -1.87. The van der Waals surface area contributed by atoms with Crippen LogP contribution in [-0.4, -0.2) is 46.7 Å². The number of carboxylic acid groups (broad SMARTS) is 1. The Hall–Kier alpha value is 0.196. The van der Waals surface area contributed by atoms with E-state index in [4.69, 9.17) is 5.11 Å². The lowest BCUT2D eigenvalue weighted by atomic mass is 10.5. The Kier molecular flexibility index (Phi) is 2.56. The summed E-state index contributed by atoms with van der Waals surface area (Å²) in [7, 11) is 0. The second kappa shape index (κ2) is 2.49. The minimum absolute atomic E-state index is 0. The molecule has 1 atom stereocenters. The van der Waals surface area contributed by atoms with Crippen LogP contribution in [0.5, 0.6) is 0 Å². The summed E-state index contributed by atoms with van der Waals surface area (Å²) in [5, 5.41) is 10.6. The Labute approximate surface area is 57.2 Å². The van der Waals surface area contributed by atoms with Crippen LogP contribution in [0.2, 0.25) is 0 Å². The molecule has 4 heteroatoms. The van der Waals surface area contributed by atoms with Gasteiger partial charge in [0.25, 0.3) is 0 Å². The van der Waals surface area contributed by atoms with E-state index in [2.05, 4.69) is 5.32 Å². The molecule has 1 fully saturated rings. The molecule has 3 nitrogen and oxygen atoms in total. The molecule has 38 valence electrons. The van der Waals surface area contributed by atoms with Gasteiger partial charge in [-0.1, -0.05) is 0 Å². The molecule has 1 unspecified atom stereocenters. The molecule has 7 heavy (non-hydrogen) atoms. The average molecular weight is 113 g/mol. The van der Waals surface area contributed by atoms with Crippen LogP contribution in [0.1, 0.15) is 0 Å². The number of carboxylic acids is 1. The molecule has 0 amide bonds. The second-order valence-electron chi connectivity index (χ2n) is 1.30. The third-order valence-corrected chi connectivity index (χ3v) is 0.706. The van der Waals surface area contributed by atoms with E-state index in [9.17, 15) is 4.79 Å². The maximum atomic E-state index is 9.70. The highest BCUT2D eigenvalue weighted by molar-refractivity contribution is 5.76. The Balaban J connectivity index is 0.000000360. The summed E-state index contributed by atoms with van der Waals surface area (Å²) in [6, 6.07) is -0.231. The van der Waals surface area contributed by atoms with E-state index in [0.717, 1.165) is 0 Å². The molecular weight excluding hydrogens is 106 g/mol. The van der Waals surface area contributed by atoms with Gasteiger partial charge in [0.2, 0.25) is 0 Å². The van der Waals surface area contributed by atoms with Crippen LogP contribution < -0.4 is 5.32 Å². The van der Waals surface area contributed by atoms with Crippen LogP contribution in [-0.2, 0) is 4.79 Å². The first-order chi connectivity index (χ1) is 2.80. The molecule has 1 saturated heterocycles. The van der Waals surface area contributed by atoms with Gasteiger partial charge in [-0.05, 0) is 0 Å². The fraction of sp³-hybridized carbons (Fsp3) is 0.667. The van der Waals surface area contributed by atoms with Gasteiger partial charge in [0.1, 0.15) is 6.04 Å². The lowest BCUT2D eigenvalue weighted by Gasteiger charge is -1.74. The molecule has 1 aliphatic rings. The molecule has 0 aromatic carbocycles. The van der Waals surface area contributed by atoms with Crippen LogP contribution in [0.15, 0.2) is 0 Å². The van der Waals surface area contributed by atoms with Crippen molar-refractivity contribution in [3.63, 3.8) is 0 Å². The number of rotatable bonds is 1. The van der Waals surface area contributed by atoms with Gasteiger partial charge in [-0.3, -0.25) is 4.79 Å². The molecule has 0 bridgehead atoms. The van der Waals surface area contributed by atoms with Crippen molar-refractivity contribution >= 4 is 29.0 Å². The maximum absolute atomic E-state index is 9.70. The van der Waals surface area contributed by atoms with Gasteiger partial charge >= 0.3 is 29.0 Å².